The minimum atomic E-state index is -1.000. The summed E-state index contributed by atoms with van der Waals surface area (Å²) in [5.41, 5.74) is 3.02. The lowest BCUT2D eigenvalue weighted by molar-refractivity contribution is -0.138. The normalized spacial score (nSPS) is 17.0. The molecule has 3 N–H and O–H groups in total. The Kier molecular flexibility index (Phi) is 5.02. The number of rotatable bonds is 5. The van der Waals surface area contributed by atoms with Crippen LogP contribution >= 0.6 is 0 Å². The summed E-state index contributed by atoms with van der Waals surface area (Å²) in [6, 6.07) is 13.9. The summed E-state index contributed by atoms with van der Waals surface area (Å²) in [6.07, 6.45) is -0.187. The van der Waals surface area contributed by atoms with E-state index in [0.717, 1.165) is 16.7 Å². The molecule has 0 saturated heterocycles. The van der Waals surface area contributed by atoms with Crippen LogP contribution in [0.4, 0.5) is 5.69 Å². The topological polar surface area (TPSA) is 95.5 Å². The standard InChI is InChI=1S/C20H20N2O4/c1-12-6-2-3-7-13(12)17(11-19(24)25)22-20(26)15-10-18(23)21-16-9-5-4-8-14(15)16/h2-9,15,17H,10-11H2,1H3,(H,21,23)(H,22,26)(H,24,25)/t15-,17+/m0/s1. The van der Waals surface area contributed by atoms with Crippen LogP contribution in [0.5, 0.6) is 0 Å². The first-order chi connectivity index (χ1) is 12.5. The van der Waals surface area contributed by atoms with Gasteiger partial charge in [-0.1, -0.05) is 42.5 Å². The highest BCUT2D eigenvalue weighted by Crippen LogP contribution is 2.33. The van der Waals surface area contributed by atoms with Crippen LogP contribution in [0.1, 0.15) is 41.5 Å². The Bertz CT molecular complexity index is 862. The first-order valence-corrected chi connectivity index (χ1v) is 8.42. The number of aryl methyl sites for hydroxylation is 1. The van der Waals surface area contributed by atoms with E-state index in [0.29, 0.717) is 5.69 Å². The van der Waals surface area contributed by atoms with Crippen molar-refractivity contribution in [2.75, 3.05) is 5.32 Å². The number of carboxylic acid groups (broad SMARTS) is 1. The monoisotopic (exact) mass is 352 g/mol. The summed E-state index contributed by atoms with van der Waals surface area (Å²) in [6.45, 7) is 1.87. The number of nitrogens with one attached hydrogen (secondary N) is 2. The first-order valence-electron chi connectivity index (χ1n) is 8.42. The average Bonchev–Trinajstić information content (AvgIpc) is 2.60. The third-order valence-corrected chi connectivity index (χ3v) is 4.58. The number of carbonyl (C=O) groups is 3. The molecule has 134 valence electrons. The van der Waals surface area contributed by atoms with Crippen molar-refractivity contribution in [2.24, 2.45) is 0 Å². The van der Waals surface area contributed by atoms with E-state index in [-0.39, 0.29) is 24.7 Å². The molecule has 1 heterocycles. The molecule has 3 rings (SSSR count). The summed E-state index contributed by atoms with van der Waals surface area (Å²) in [5.74, 6) is -2.21. The fourth-order valence-electron chi connectivity index (χ4n) is 3.31. The summed E-state index contributed by atoms with van der Waals surface area (Å²) >= 11 is 0. The number of amides is 2. The van der Waals surface area contributed by atoms with Gasteiger partial charge >= 0.3 is 5.97 Å². The zero-order valence-corrected chi connectivity index (χ0v) is 14.4. The Labute approximate surface area is 151 Å². The Morgan fingerprint density at radius 3 is 2.62 bits per heavy atom. The minimum Gasteiger partial charge on any atom is -0.481 e. The maximum absolute atomic E-state index is 12.9. The van der Waals surface area contributed by atoms with E-state index >= 15 is 0 Å². The van der Waals surface area contributed by atoms with E-state index in [2.05, 4.69) is 10.6 Å². The fraction of sp³-hybridized carbons (Fsp3) is 0.250. The fourth-order valence-corrected chi connectivity index (χ4v) is 3.31. The quantitative estimate of drug-likeness (QED) is 0.771. The first kappa shape index (κ1) is 17.7. The van der Waals surface area contributed by atoms with Crippen molar-refractivity contribution < 1.29 is 19.5 Å². The largest absolute Gasteiger partial charge is 0.481 e. The minimum absolute atomic E-state index is 0.0381. The van der Waals surface area contributed by atoms with Crippen molar-refractivity contribution in [3.05, 3.63) is 65.2 Å². The molecule has 6 nitrogen and oxygen atoms in total. The third-order valence-electron chi connectivity index (χ3n) is 4.58. The zero-order chi connectivity index (χ0) is 18.7. The highest BCUT2D eigenvalue weighted by molar-refractivity contribution is 6.01. The van der Waals surface area contributed by atoms with Crippen LogP contribution in [-0.4, -0.2) is 22.9 Å². The van der Waals surface area contributed by atoms with Gasteiger partial charge in [0.2, 0.25) is 11.8 Å². The second-order valence-electron chi connectivity index (χ2n) is 6.41. The number of hydrogen-bond acceptors (Lipinski definition) is 3. The van der Waals surface area contributed by atoms with Gasteiger partial charge in [0.15, 0.2) is 0 Å². The average molecular weight is 352 g/mol. The third kappa shape index (κ3) is 3.74. The summed E-state index contributed by atoms with van der Waals surface area (Å²) in [5, 5.41) is 14.8. The van der Waals surface area contributed by atoms with Crippen LogP contribution in [-0.2, 0) is 14.4 Å². The van der Waals surface area contributed by atoms with Crippen LogP contribution in [0, 0.1) is 6.92 Å². The van der Waals surface area contributed by atoms with Gasteiger partial charge in [0, 0.05) is 12.1 Å². The van der Waals surface area contributed by atoms with E-state index in [9.17, 15) is 19.5 Å². The van der Waals surface area contributed by atoms with Crippen LogP contribution in [0.15, 0.2) is 48.5 Å². The summed E-state index contributed by atoms with van der Waals surface area (Å²) in [4.78, 5) is 36.1. The molecule has 0 unspecified atom stereocenters. The van der Waals surface area contributed by atoms with Crippen LogP contribution in [0.2, 0.25) is 0 Å². The maximum atomic E-state index is 12.9. The molecule has 2 atom stereocenters. The summed E-state index contributed by atoms with van der Waals surface area (Å²) < 4.78 is 0. The highest BCUT2D eigenvalue weighted by Gasteiger charge is 2.32. The number of hydrogen-bond donors (Lipinski definition) is 3. The lowest BCUT2D eigenvalue weighted by Crippen LogP contribution is -2.38. The molecule has 0 aliphatic carbocycles. The molecule has 0 spiro atoms. The number of anilines is 1. The SMILES string of the molecule is Cc1ccccc1[C@@H](CC(=O)O)NC(=O)[C@H]1CC(=O)Nc2ccccc21. The van der Waals surface area contributed by atoms with E-state index in [4.69, 9.17) is 0 Å². The van der Waals surface area contributed by atoms with Crippen molar-refractivity contribution >= 4 is 23.5 Å². The molecule has 0 radical (unpaired) electrons. The van der Waals surface area contributed by atoms with E-state index in [1.165, 1.54) is 0 Å². The molecule has 1 aliphatic heterocycles. The van der Waals surface area contributed by atoms with Crippen molar-refractivity contribution in [1.29, 1.82) is 0 Å². The second-order valence-corrected chi connectivity index (χ2v) is 6.41. The molecule has 1 aliphatic rings. The van der Waals surface area contributed by atoms with Gasteiger partial charge in [0.1, 0.15) is 0 Å². The second kappa shape index (κ2) is 7.39. The molecular formula is C20H20N2O4. The predicted octanol–water partition coefficient (Wildman–Crippen LogP) is 2.75. The number of benzene rings is 2. The number of carboxylic acids is 1. The molecule has 0 aromatic heterocycles. The Hall–Kier alpha value is -3.15. The van der Waals surface area contributed by atoms with Gasteiger partial charge in [-0.15, -0.1) is 0 Å². The zero-order valence-electron chi connectivity index (χ0n) is 14.4. The smallest absolute Gasteiger partial charge is 0.305 e. The molecule has 2 amide bonds. The Morgan fingerprint density at radius 2 is 1.88 bits per heavy atom. The van der Waals surface area contributed by atoms with Crippen molar-refractivity contribution in [2.45, 2.75) is 31.7 Å². The lowest BCUT2D eigenvalue weighted by Gasteiger charge is -2.27. The van der Waals surface area contributed by atoms with Gasteiger partial charge in [-0.05, 0) is 29.7 Å². The number of aliphatic carboxylic acids is 1. The van der Waals surface area contributed by atoms with Crippen LogP contribution in [0.25, 0.3) is 0 Å². The van der Waals surface area contributed by atoms with Gasteiger partial charge in [-0.3, -0.25) is 14.4 Å². The molecule has 0 bridgehead atoms. The molecule has 2 aromatic carbocycles. The van der Waals surface area contributed by atoms with Gasteiger partial charge in [-0.25, -0.2) is 0 Å². The molecule has 6 heteroatoms. The number of fused-ring (bicyclic) bond motifs is 1. The summed E-state index contributed by atoms with van der Waals surface area (Å²) in [7, 11) is 0. The van der Waals surface area contributed by atoms with Gasteiger partial charge in [-0.2, -0.15) is 0 Å². The highest BCUT2D eigenvalue weighted by atomic mass is 16.4. The maximum Gasteiger partial charge on any atom is 0.305 e. The van der Waals surface area contributed by atoms with E-state index < -0.39 is 17.9 Å². The number of para-hydroxylation sites is 1. The van der Waals surface area contributed by atoms with E-state index in [1.807, 2.05) is 37.3 Å². The van der Waals surface area contributed by atoms with Crippen LogP contribution in [0.3, 0.4) is 0 Å². The molecule has 26 heavy (non-hydrogen) atoms. The predicted molar refractivity (Wildman–Crippen MR) is 96.7 cm³/mol. The van der Waals surface area contributed by atoms with Crippen molar-refractivity contribution in [3.8, 4) is 0 Å². The van der Waals surface area contributed by atoms with Gasteiger partial charge < -0.3 is 15.7 Å². The van der Waals surface area contributed by atoms with Gasteiger partial charge in [0.05, 0.1) is 18.4 Å². The molecule has 0 fully saturated rings. The van der Waals surface area contributed by atoms with E-state index in [1.54, 1.807) is 18.2 Å². The lowest BCUT2D eigenvalue weighted by atomic mass is 9.89. The number of carbonyl (C=O) groups excluding carboxylic acids is 2. The molecule has 2 aromatic rings. The Morgan fingerprint density at radius 1 is 1.19 bits per heavy atom. The van der Waals surface area contributed by atoms with Crippen molar-refractivity contribution in [3.63, 3.8) is 0 Å². The van der Waals surface area contributed by atoms with Crippen LogP contribution < -0.4 is 10.6 Å². The molecular weight excluding hydrogens is 332 g/mol. The molecule has 0 saturated carbocycles. The Balaban J connectivity index is 1.88. The van der Waals surface area contributed by atoms with Crippen molar-refractivity contribution in [1.82, 2.24) is 5.32 Å². The van der Waals surface area contributed by atoms with Gasteiger partial charge in [0.25, 0.3) is 0 Å².